The number of nitrogens with zero attached hydrogens (tertiary/aromatic N) is 1. The highest BCUT2D eigenvalue weighted by Crippen LogP contribution is 2.47. The Morgan fingerprint density at radius 3 is 2.79 bits per heavy atom. The SMILES string of the molecule is COc1ccccc1NC(=O)/C(C#N)=C/c1ccc([C@@H]2C[C@@H]2C)o1. The highest BCUT2D eigenvalue weighted by atomic mass is 16.5. The van der Waals surface area contributed by atoms with Crippen LogP contribution < -0.4 is 10.1 Å². The molecule has 0 spiro atoms. The first-order valence-corrected chi connectivity index (χ1v) is 7.78. The minimum Gasteiger partial charge on any atom is -0.495 e. The molecule has 1 aliphatic carbocycles. The predicted molar refractivity (Wildman–Crippen MR) is 90.4 cm³/mol. The average Bonchev–Trinajstić information content (AvgIpc) is 3.14. The maximum atomic E-state index is 12.3. The molecular formula is C19H18N2O3. The van der Waals surface area contributed by atoms with E-state index in [1.165, 1.54) is 13.2 Å². The molecule has 5 nitrogen and oxygen atoms in total. The number of carbonyl (C=O) groups excluding carboxylic acids is 1. The molecule has 3 rings (SSSR count). The maximum absolute atomic E-state index is 12.3. The molecule has 2 atom stereocenters. The van der Waals surface area contributed by atoms with E-state index < -0.39 is 5.91 Å². The Bertz CT molecular complexity index is 829. The molecule has 0 saturated heterocycles. The fourth-order valence-corrected chi connectivity index (χ4v) is 2.59. The standard InChI is InChI=1S/C19H18N2O3/c1-12-9-15(12)17-8-7-14(24-17)10-13(11-20)19(22)21-16-5-3-4-6-18(16)23-2/h3-8,10,12,15H,9H2,1-2H3,(H,21,22)/b13-10+/t12-,15+/m0/s1. The van der Waals surface area contributed by atoms with E-state index in [0.29, 0.717) is 29.0 Å². The molecule has 1 N–H and O–H groups in total. The quantitative estimate of drug-likeness (QED) is 0.668. The number of para-hydroxylation sites is 2. The van der Waals surface area contributed by atoms with Gasteiger partial charge in [-0.05, 0) is 36.6 Å². The molecule has 1 heterocycles. The molecule has 2 aromatic rings. The van der Waals surface area contributed by atoms with Crippen LogP contribution in [-0.2, 0) is 4.79 Å². The van der Waals surface area contributed by atoms with Crippen LogP contribution >= 0.6 is 0 Å². The first kappa shape index (κ1) is 15.9. The molecule has 24 heavy (non-hydrogen) atoms. The Morgan fingerprint density at radius 1 is 1.38 bits per heavy atom. The monoisotopic (exact) mass is 322 g/mol. The first-order valence-electron chi connectivity index (χ1n) is 7.78. The molecule has 122 valence electrons. The zero-order valence-electron chi connectivity index (χ0n) is 13.6. The Kier molecular flexibility index (Phi) is 4.39. The van der Waals surface area contributed by atoms with Gasteiger partial charge in [0, 0.05) is 12.0 Å². The second-order valence-corrected chi connectivity index (χ2v) is 5.88. The minimum absolute atomic E-state index is 0.0225. The fraction of sp³-hybridized carbons (Fsp3) is 0.263. The number of hydrogen-bond acceptors (Lipinski definition) is 4. The largest absolute Gasteiger partial charge is 0.495 e. The van der Waals surface area contributed by atoms with Crippen LogP contribution in [0.15, 0.2) is 46.4 Å². The fourth-order valence-electron chi connectivity index (χ4n) is 2.59. The molecule has 5 heteroatoms. The molecule has 1 aromatic carbocycles. The number of furan rings is 1. The average molecular weight is 322 g/mol. The zero-order chi connectivity index (χ0) is 17.1. The van der Waals surface area contributed by atoms with Gasteiger partial charge in [-0.25, -0.2) is 0 Å². The summed E-state index contributed by atoms with van der Waals surface area (Å²) in [6.07, 6.45) is 2.58. The molecule has 0 aliphatic heterocycles. The van der Waals surface area contributed by atoms with Gasteiger partial charge in [0.1, 0.15) is 28.9 Å². The number of methoxy groups -OCH3 is 1. The lowest BCUT2D eigenvalue weighted by atomic mass is 10.2. The van der Waals surface area contributed by atoms with Crippen LogP contribution in [0.25, 0.3) is 6.08 Å². The van der Waals surface area contributed by atoms with Crippen LogP contribution in [0.1, 0.15) is 30.8 Å². The predicted octanol–water partition coefficient (Wildman–Crippen LogP) is 3.96. The summed E-state index contributed by atoms with van der Waals surface area (Å²) >= 11 is 0. The van der Waals surface area contributed by atoms with Crippen LogP contribution in [0, 0.1) is 17.2 Å². The van der Waals surface area contributed by atoms with Crippen molar-refractivity contribution in [2.24, 2.45) is 5.92 Å². The summed E-state index contributed by atoms with van der Waals surface area (Å²) in [5.41, 5.74) is 0.490. The summed E-state index contributed by atoms with van der Waals surface area (Å²) in [6.45, 7) is 2.17. The number of nitrogens with one attached hydrogen (secondary N) is 1. The van der Waals surface area contributed by atoms with Crippen LogP contribution in [0.4, 0.5) is 5.69 Å². The van der Waals surface area contributed by atoms with E-state index in [1.807, 2.05) is 12.1 Å². The topological polar surface area (TPSA) is 75.3 Å². The number of ether oxygens (including phenoxy) is 1. The van der Waals surface area contributed by atoms with Crippen molar-refractivity contribution >= 4 is 17.7 Å². The van der Waals surface area contributed by atoms with Gasteiger partial charge in [-0.2, -0.15) is 5.26 Å². The second kappa shape index (κ2) is 6.63. The smallest absolute Gasteiger partial charge is 0.266 e. The van der Waals surface area contributed by atoms with Crippen LogP contribution in [0.2, 0.25) is 0 Å². The van der Waals surface area contributed by atoms with Gasteiger partial charge in [0.25, 0.3) is 5.91 Å². The van der Waals surface area contributed by atoms with Crippen molar-refractivity contribution in [3.63, 3.8) is 0 Å². The number of carbonyl (C=O) groups is 1. The van der Waals surface area contributed by atoms with Crippen molar-refractivity contribution < 1.29 is 13.9 Å². The van der Waals surface area contributed by atoms with E-state index in [1.54, 1.807) is 30.3 Å². The maximum Gasteiger partial charge on any atom is 0.266 e. The Balaban J connectivity index is 1.76. The summed E-state index contributed by atoms with van der Waals surface area (Å²) in [6, 6.07) is 12.7. The second-order valence-electron chi connectivity index (χ2n) is 5.88. The van der Waals surface area contributed by atoms with E-state index >= 15 is 0 Å². The van der Waals surface area contributed by atoms with E-state index in [9.17, 15) is 10.1 Å². The summed E-state index contributed by atoms with van der Waals surface area (Å²) < 4.78 is 10.9. The number of nitriles is 1. The van der Waals surface area contributed by atoms with Gasteiger partial charge in [-0.3, -0.25) is 4.79 Å². The summed E-state index contributed by atoms with van der Waals surface area (Å²) in [5.74, 6) is 2.55. The van der Waals surface area contributed by atoms with Gasteiger partial charge < -0.3 is 14.5 Å². The number of rotatable bonds is 5. The normalized spacial score (nSPS) is 19.5. The zero-order valence-corrected chi connectivity index (χ0v) is 13.6. The lowest BCUT2D eigenvalue weighted by Gasteiger charge is -2.08. The van der Waals surface area contributed by atoms with Gasteiger partial charge in [0.05, 0.1) is 12.8 Å². The van der Waals surface area contributed by atoms with Gasteiger partial charge in [-0.1, -0.05) is 19.1 Å². The van der Waals surface area contributed by atoms with E-state index in [0.717, 1.165) is 12.2 Å². The molecule has 0 unspecified atom stereocenters. The first-order chi connectivity index (χ1) is 11.6. The molecular weight excluding hydrogens is 304 g/mol. The Hall–Kier alpha value is -3.00. The molecule has 1 aliphatic rings. The molecule has 1 saturated carbocycles. The van der Waals surface area contributed by atoms with Gasteiger partial charge in [0.15, 0.2) is 0 Å². The molecule has 1 aromatic heterocycles. The van der Waals surface area contributed by atoms with Crippen LogP contribution in [0.5, 0.6) is 5.75 Å². The molecule has 0 bridgehead atoms. The molecule has 0 radical (unpaired) electrons. The van der Waals surface area contributed by atoms with Crippen LogP contribution in [0.3, 0.4) is 0 Å². The van der Waals surface area contributed by atoms with Crippen molar-refractivity contribution in [1.29, 1.82) is 5.26 Å². The summed E-state index contributed by atoms with van der Waals surface area (Å²) in [7, 11) is 1.52. The van der Waals surface area contributed by atoms with Crippen molar-refractivity contribution in [2.45, 2.75) is 19.3 Å². The van der Waals surface area contributed by atoms with E-state index in [2.05, 4.69) is 12.2 Å². The number of benzene rings is 1. The van der Waals surface area contributed by atoms with Gasteiger partial charge >= 0.3 is 0 Å². The van der Waals surface area contributed by atoms with Gasteiger partial charge in [0.2, 0.25) is 0 Å². The van der Waals surface area contributed by atoms with E-state index in [-0.39, 0.29) is 5.57 Å². The number of hydrogen-bond donors (Lipinski definition) is 1. The summed E-state index contributed by atoms with van der Waals surface area (Å²) in [4.78, 5) is 12.3. The van der Waals surface area contributed by atoms with E-state index in [4.69, 9.17) is 9.15 Å². The minimum atomic E-state index is -0.500. The molecule has 1 fully saturated rings. The highest BCUT2D eigenvalue weighted by molar-refractivity contribution is 6.10. The van der Waals surface area contributed by atoms with Gasteiger partial charge in [-0.15, -0.1) is 0 Å². The highest BCUT2D eigenvalue weighted by Gasteiger charge is 2.36. The lowest BCUT2D eigenvalue weighted by molar-refractivity contribution is -0.112. The summed E-state index contributed by atoms with van der Waals surface area (Å²) in [5, 5.41) is 12.0. The Labute approximate surface area is 140 Å². The van der Waals surface area contributed by atoms with Crippen molar-refractivity contribution in [3.8, 4) is 11.8 Å². The van der Waals surface area contributed by atoms with Crippen molar-refractivity contribution in [1.82, 2.24) is 0 Å². The lowest BCUT2D eigenvalue weighted by Crippen LogP contribution is -2.14. The number of amides is 1. The molecule has 1 amide bonds. The van der Waals surface area contributed by atoms with Crippen molar-refractivity contribution in [2.75, 3.05) is 12.4 Å². The number of anilines is 1. The Morgan fingerprint density at radius 2 is 2.12 bits per heavy atom. The third kappa shape index (κ3) is 3.33. The third-order valence-corrected chi connectivity index (χ3v) is 4.13. The van der Waals surface area contributed by atoms with Crippen LogP contribution in [-0.4, -0.2) is 13.0 Å². The third-order valence-electron chi connectivity index (χ3n) is 4.13. The van der Waals surface area contributed by atoms with Crippen molar-refractivity contribution in [3.05, 3.63) is 53.5 Å².